The van der Waals surface area contributed by atoms with Crippen LogP contribution in [0.15, 0.2) is 35.0 Å². The van der Waals surface area contributed by atoms with E-state index in [4.69, 9.17) is 4.42 Å². The molecule has 5 rings (SSSR count). The molecule has 3 aliphatic heterocycles. The zero-order valence-corrected chi connectivity index (χ0v) is 15.1. The normalized spacial score (nSPS) is 22.9. The highest BCUT2D eigenvalue weighted by molar-refractivity contribution is 7.97. The minimum Gasteiger partial charge on any atom is -0.455 e. The van der Waals surface area contributed by atoms with Gasteiger partial charge in [-0.05, 0) is 43.2 Å². The molecule has 2 bridgehead atoms. The number of hydrogen-bond acceptors (Lipinski definition) is 6. The van der Waals surface area contributed by atoms with Crippen molar-refractivity contribution in [3.8, 4) is 0 Å². The molecule has 0 radical (unpaired) electrons. The third-order valence-corrected chi connectivity index (χ3v) is 5.54. The van der Waals surface area contributed by atoms with E-state index in [1.807, 2.05) is 29.4 Å². The molecular weight excluding hydrogens is 336 g/mol. The number of piperidine rings is 1. The Kier molecular flexibility index (Phi) is 4.65. The molecule has 3 aliphatic rings. The maximum Gasteiger partial charge on any atom is 0.289 e. The summed E-state index contributed by atoms with van der Waals surface area (Å²) in [4.78, 5) is 26.0. The maximum absolute atomic E-state index is 13.0. The van der Waals surface area contributed by atoms with Gasteiger partial charge in [-0.15, -0.1) is 0 Å². The molecule has 132 valence electrons. The Morgan fingerprint density at radius 1 is 1.24 bits per heavy atom. The third-order valence-electron chi connectivity index (χ3n) is 4.97. The fourth-order valence-electron chi connectivity index (χ4n) is 3.80. The van der Waals surface area contributed by atoms with Crippen LogP contribution in [0.5, 0.6) is 0 Å². The molecule has 2 aromatic rings. The Balaban J connectivity index is 1.53. The van der Waals surface area contributed by atoms with Crippen LogP contribution in [0.25, 0.3) is 0 Å². The standard InChI is InChI=1S/C18H22N4O2S/c1-25-12-15-5-6-16(24-15)17(23)22-10-13-3-4-14(22)11-21(9-13)18-19-7-2-8-20-18/h2,5-8,13-14H,3-4,9-12H2,1H3. The van der Waals surface area contributed by atoms with Crippen LogP contribution >= 0.6 is 11.8 Å². The predicted octanol–water partition coefficient (Wildman–Crippen LogP) is 2.67. The Labute approximate surface area is 151 Å². The molecule has 25 heavy (non-hydrogen) atoms. The SMILES string of the molecule is CSCc1ccc(C(=O)N2CC3CCC2CN(c2ncccn2)C3)o1. The Morgan fingerprint density at radius 2 is 2.08 bits per heavy atom. The van der Waals surface area contributed by atoms with E-state index in [1.54, 1.807) is 24.2 Å². The molecule has 5 heterocycles. The van der Waals surface area contributed by atoms with E-state index in [-0.39, 0.29) is 11.9 Å². The number of nitrogens with zero attached hydrogens (tertiary/aromatic N) is 4. The van der Waals surface area contributed by atoms with Gasteiger partial charge in [0.25, 0.3) is 5.91 Å². The first-order chi connectivity index (χ1) is 12.2. The number of amides is 1. The summed E-state index contributed by atoms with van der Waals surface area (Å²) in [7, 11) is 0. The first-order valence-corrected chi connectivity index (χ1v) is 10.0. The fraction of sp³-hybridized carbons (Fsp3) is 0.500. The summed E-state index contributed by atoms with van der Waals surface area (Å²) < 4.78 is 5.75. The summed E-state index contributed by atoms with van der Waals surface area (Å²) in [5.74, 6) is 3.33. The van der Waals surface area contributed by atoms with Gasteiger partial charge in [-0.1, -0.05) is 0 Å². The van der Waals surface area contributed by atoms with Crippen molar-refractivity contribution in [3.05, 3.63) is 42.1 Å². The van der Waals surface area contributed by atoms with Crippen molar-refractivity contribution in [2.75, 3.05) is 30.8 Å². The van der Waals surface area contributed by atoms with Crippen LogP contribution in [0.3, 0.4) is 0 Å². The van der Waals surface area contributed by atoms with E-state index < -0.39 is 0 Å². The zero-order chi connectivity index (χ0) is 17.2. The topological polar surface area (TPSA) is 62.5 Å². The van der Waals surface area contributed by atoms with Crippen molar-refractivity contribution in [1.29, 1.82) is 0 Å². The van der Waals surface area contributed by atoms with Gasteiger partial charge in [0, 0.05) is 38.1 Å². The van der Waals surface area contributed by atoms with E-state index in [1.165, 1.54) is 0 Å². The Bertz CT molecular complexity index is 736. The number of thioether (sulfide) groups is 1. The number of rotatable bonds is 4. The summed E-state index contributed by atoms with van der Waals surface area (Å²) >= 11 is 1.69. The molecule has 0 aliphatic carbocycles. The van der Waals surface area contributed by atoms with Gasteiger partial charge in [-0.3, -0.25) is 4.79 Å². The van der Waals surface area contributed by atoms with Crippen LogP contribution in [0.4, 0.5) is 5.95 Å². The Hall–Kier alpha value is -2.02. The average Bonchev–Trinajstić information content (AvgIpc) is 2.92. The summed E-state index contributed by atoms with van der Waals surface area (Å²) in [6, 6.07) is 5.73. The van der Waals surface area contributed by atoms with Crippen LogP contribution in [0.2, 0.25) is 0 Å². The van der Waals surface area contributed by atoms with E-state index in [9.17, 15) is 4.79 Å². The molecule has 3 saturated heterocycles. The van der Waals surface area contributed by atoms with Crippen LogP contribution in [-0.2, 0) is 5.75 Å². The monoisotopic (exact) mass is 358 g/mol. The van der Waals surface area contributed by atoms with Gasteiger partial charge in [-0.25, -0.2) is 9.97 Å². The maximum atomic E-state index is 13.0. The zero-order valence-electron chi connectivity index (χ0n) is 14.3. The van der Waals surface area contributed by atoms with Crippen molar-refractivity contribution < 1.29 is 9.21 Å². The van der Waals surface area contributed by atoms with Gasteiger partial charge in [0.1, 0.15) is 5.76 Å². The number of aromatic nitrogens is 2. The molecule has 3 fully saturated rings. The fourth-order valence-corrected chi connectivity index (χ4v) is 4.24. The highest BCUT2D eigenvalue weighted by Crippen LogP contribution is 2.31. The molecule has 2 atom stereocenters. The van der Waals surface area contributed by atoms with E-state index in [2.05, 4.69) is 14.9 Å². The lowest BCUT2D eigenvalue weighted by molar-refractivity contribution is 0.0558. The quantitative estimate of drug-likeness (QED) is 0.837. The number of fused-ring (bicyclic) bond motifs is 4. The van der Waals surface area contributed by atoms with E-state index in [0.717, 1.165) is 49.9 Å². The van der Waals surface area contributed by atoms with Gasteiger partial charge >= 0.3 is 0 Å². The largest absolute Gasteiger partial charge is 0.455 e. The lowest BCUT2D eigenvalue weighted by Crippen LogP contribution is -2.47. The lowest BCUT2D eigenvalue weighted by atomic mass is 9.95. The van der Waals surface area contributed by atoms with Crippen molar-refractivity contribution in [2.24, 2.45) is 5.92 Å². The minimum absolute atomic E-state index is 0.0119. The third kappa shape index (κ3) is 3.38. The average molecular weight is 358 g/mol. The summed E-state index contributed by atoms with van der Waals surface area (Å²) in [5.41, 5.74) is 0. The number of carbonyl (C=O) groups excluding carboxylic acids is 1. The van der Waals surface area contributed by atoms with Crippen LogP contribution in [0.1, 0.15) is 29.2 Å². The highest BCUT2D eigenvalue weighted by atomic mass is 32.2. The molecule has 2 unspecified atom stereocenters. The van der Waals surface area contributed by atoms with Gasteiger partial charge in [0.05, 0.1) is 5.75 Å². The molecular formula is C18H22N4O2S. The highest BCUT2D eigenvalue weighted by Gasteiger charge is 2.38. The molecule has 0 N–H and O–H groups in total. The molecule has 7 heteroatoms. The smallest absolute Gasteiger partial charge is 0.289 e. The van der Waals surface area contributed by atoms with Crippen molar-refractivity contribution >= 4 is 23.6 Å². The number of furan rings is 1. The predicted molar refractivity (Wildman–Crippen MR) is 97.7 cm³/mol. The molecule has 0 spiro atoms. The summed E-state index contributed by atoms with van der Waals surface area (Å²) in [6.45, 7) is 2.47. The molecule has 0 saturated carbocycles. The molecule has 2 aromatic heterocycles. The summed E-state index contributed by atoms with van der Waals surface area (Å²) in [6.07, 6.45) is 7.74. The van der Waals surface area contributed by atoms with Gasteiger partial charge in [-0.2, -0.15) is 11.8 Å². The van der Waals surface area contributed by atoms with Gasteiger partial charge in [0.15, 0.2) is 5.76 Å². The first-order valence-electron chi connectivity index (χ1n) is 8.65. The second-order valence-corrected chi connectivity index (χ2v) is 7.57. The van der Waals surface area contributed by atoms with Crippen molar-refractivity contribution in [2.45, 2.75) is 24.6 Å². The van der Waals surface area contributed by atoms with Gasteiger partial charge < -0.3 is 14.2 Å². The molecule has 0 aromatic carbocycles. The first kappa shape index (κ1) is 16.4. The minimum atomic E-state index is 0.0119. The summed E-state index contributed by atoms with van der Waals surface area (Å²) in [5, 5.41) is 0. The van der Waals surface area contributed by atoms with E-state index >= 15 is 0 Å². The lowest BCUT2D eigenvalue weighted by Gasteiger charge is -2.35. The second kappa shape index (κ2) is 7.07. The second-order valence-electron chi connectivity index (χ2n) is 6.71. The van der Waals surface area contributed by atoms with E-state index in [0.29, 0.717) is 11.7 Å². The van der Waals surface area contributed by atoms with Crippen LogP contribution in [0, 0.1) is 5.92 Å². The number of hydrogen-bond donors (Lipinski definition) is 0. The van der Waals surface area contributed by atoms with Crippen LogP contribution in [-0.4, -0.2) is 52.7 Å². The van der Waals surface area contributed by atoms with Crippen molar-refractivity contribution in [1.82, 2.24) is 14.9 Å². The van der Waals surface area contributed by atoms with Gasteiger partial charge in [0.2, 0.25) is 5.95 Å². The molecule has 6 nitrogen and oxygen atoms in total. The number of anilines is 1. The number of carbonyl (C=O) groups is 1. The van der Waals surface area contributed by atoms with Crippen LogP contribution < -0.4 is 4.90 Å². The molecule has 1 amide bonds. The van der Waals surface area contributed by atoms with Crippen molar-refractivity contribution in [3.63, 3.8) is 0 Å². The Morgan fingerprint density at radius 3 is 2.88 bits per heavy atom.